The molecule has 2 N–H and O–H groups in total. The molecule has 2 aromatic carbocycles. The summed E-state index contributed by atoms with van der Waals surface area (Å²) in [5, 5.41) is 11.1. The van der Waals surface area contributed by atoms with Gasteiger partial charge >= 0.3 is 0 Å². The number of rotatable bonds is 2. The van der Waals surface area contributed by atoms with Crippen molar-refractivity contribution >= 4 is 34.1 Å². The van der Waals surface area contributed by atoms with Gasteiger partial charge < -0.3 is 5.32 Å². The van der Waals surface area contributed by atoms with Gasteiger partial charge in [-0.1, -0.05) is 18.2 Å². The summed E-state index contributed by atoms with van der Waals surface area (Å²) in [5.74, 6) is -0.0821. The third kappa shape index (κ3) is 2.29. The van der Waals surface area contributed by atoms with Crippen molar-refractivity contribution in [3.8, 4) is 11.1 Å². The van der Waals surface area contributed by atoms with Crippen molar-refractivity contribution in [2.24, 2.45) is 0 Å². The van der Waals surface area contributed by atoms with Crippen LogP contribution in [-0.2, 0) is 4.79 Å². The fourth-order valence-electron chi connectivity index (χ4n) is 3.38. The van der Waals surface area contributed by atoms with E-state index in [0.717, 1.165) is 38.8 Å². The van der Waals surface area contributed by atoms with E-state index in [4.69, 9.17) is 0 Å². The fourth-order valence-corrected chi connectivity index (χ4v) is 3.38. The van der Waals surface area contributed by atoms with Crippen molar-refractivity contribution in [2.75, 3.05) is 5.32 Å². The first kappa shape index (κ1) is 14.6. The number of hydrogen-bond acceptors (Lipinski definition) is 3. The van der Waals surface area contributed by atoms with Crippen molar-refractivity contribution < 1.29 is 4.79 Å². The summed E-state index contributed by atoms with van der Waals surface area (Å²) >= 11 is 0. The third-order valence-corrected chi connectivity index (χ3v) is 4.59. The molecule has 1 aliphatic heterocycles. The predicted octanol–water partition coefficient (Wildman–Crippen LogP) is 4.12. The number of nitrogens with one attached hydrogen (secondary N) is 2. The normalized spacial score (nSPS) is 14.6. The molecule has 0 radical (unpaired) electrons. The van der Waals surface area contributed by atoms with Crippen molar-refractivity contribution in [2.45, 2.75) is 0 Å². The Hall–Kier alpha value is -3.73. The minimum atomic E-state index is -0.0821. The van der Waals surface area contributed by atoms with Gasteiger partial charge in [-0.2, -0.15) is 5.10 Å². The zero-order valence-corrected chi connectivity index (χ0v) is 13.7. The van der Waals surface area contributed by atoms with E-state index in [-0.39, 0.29) is 5.91 Å². The number of aromatic nitrogens is 3. The minimum Gasteiger partial charge on any atom is -0.321 e. The first-order valence-electron chi connectivity index (χ1n) is 8.29. The zero-order valence-electron chi connectivity index (χ0n) is 13.7. The maximum atomic E-state index is 12.4. The molecule has 0 aliphatic carbocycles. The highest BCUT2D eigenvalue weighted by atomic mass is 16.2. The number of benzene rings is 2. The summed E-state index contributed by atoms with van der Waals surface area (Å²) < 4.78 is 0. The van der Waals surface area contributed by atoms with Crippen LogP contribution in [0.3, 0.4) is 0 Å². The van der Waals surface area contributed by atoms with E-state index in [2.05, 4.69) is 26.6 Å². The molecule has 0 unspecified atom stereocenters. The van der Waals surface area contributed by atoms with E-state index in [9.17, 15) is 4.79 Å². The molecule has 0 bridgehead atoms. The highest BCUT2D eigenvalue weighted by Gasteiger charge is 2.23. The molecule has 5 nitrogen and oxygen atoms in total. The van der Waals surface area contributed by atoms with E-state index >= 15 is 0 Å². The molecule has 0 fully saturated rings. The molecule has 0 saturated heterocycles. The van der Waals surface area contributed by atoms with Crippen LogP contribution in [0.25, 0.3) is 33.7 Å². The van der Waals surface area contributed by atoms with Gasteiger partial charge in [0.15, 0.2) is 0 Å². The van der Waals surface area contributed by atoms with Crippen LogP contribution in [0.15, 0.2) is 67.1 Å². The Balaban J connectivity index is 1.70. The topological polar surface area (TPSA) is 70.7 Å². The molecule has 26 heavy (non-hydrogen) atoms. The lowest BCUT2D eigenvalue weighted by Crippen LogP contribution is -2.03. The second-order valence-electron chi connectivity index (χ2n) is 6.19. The number of hydrogen-bond donors (Lipinski definition) is 2. The Labute approximate surface area is 149 Å². The highest BCUT2D eigenvalue weighted by molar-refractivity contribution is 6.35. The maximum absolute atomic E-state index is 12.4. The van der Waals surface area contributed by atoms with Crippen LogP contribution in [-0.4, -0.2) is 21.1 Å². The van der Waals surface area contributed by atoms with Gasteiger partial charge in [-0.3, -0.25) is 14.9 Å². The maximum Gasteiger partial charge on any atom is 0.256 e. The monoisotopic (exact) mass is 338 g/mol. The van der Waals surface area contributed by atoms with Crippen LogP contribution in [0.4, 0.5) is 5.69 Å². The highest BCUT2D eigenvalue weighted by Crippen LogP contribution is 2.35. The zero-order chi connectivity index (χ0) is 17.5. The number of pyridine rings is 1. The van der Waals surface area contributed by atoms with Gasteiger partial charge in [0, 0.05) is 34.6 Å². The van der Waals surface area contributed by atoms with Crippen LogP contribution >= 0.6 is 0 Å². The fraction of sp³-hybridized carbons (Fsp3) is 0. The summed E-state index contributed by atoms with van der Waals surface area (Å²) in [4.78, 5) is 16.5. The lowest BCUT2D eigenvalue weighted by Gasteiger charge is -2.06. The summed E-state index contributed by atoms with van der Waals surface area (Å²) in [5.41, 5.74) is 6.42. The number of aromatic amines is 1. The number of para-hydroxylation sites is 1. The largest absolute Gasteiger partial charge is 0.321 e. The lowest BCUT2D eigenvalue weighted by molar-refractivity contribution is -0.110. The molecule has 2 aromatic heterocycles. The second-order valence-corrected chi connectivity index (χ2v) is 6.19. The van der Waals surface area contributed by atoms with Gasteiger partial charge in [-0.25, -0.2) is 0 Å². The van der Waals surface area contributed by atoms with Gasteiger partial charge in [0.1, 0.15) is 0 Å². The SMILES string of the molecule is O=C1Nc2ccccc2C1=Cc1cc(-c2ccncc2)c2cn[nH]c2c1. The van der Waals surface area contributed by atoms with Crippen molar-refractivity contribution in [3.05, 3.63) is 78.2 Å². The first-order chi connectivity index (χ1) is 12.8. The molecular formula is C21H14N4O. The average Bonchev–Trinajstić information content (AvgIpc) is 3.26. The Kier molecular flexibility index (Phi) is 3.18. The van der Waals surface area contributed by atoms with Crippen LogP contribution in [0, 0.1) is 0 Å². The molecular weight excluding hydrogens is 324 g/mol. The van der Waals surface area contributed by atoms with E-state index in [0.29, 0.717) is 5.57 Å². The Morgan fingerprint density at radius 1 is 0.962 bits per heavy atom. The quantitative estimate of drug-likeness (QED) is 0.540. The summed E-state index contributed by atoms with van der Waals surface area (Å²) in [6.45, 7) is 0. The molecule has 3 heterocycles. The van der Waals surface area contributed by atoms with Gasteiger partial charge in [0.25, 0.3) is 5.91 Å². The van der Waals surface area contributed by atoms with Gasteiger partial charge in [-0.15, -0.1) is 0 Å². The van der Waals surface area contributed by atoms with E-state index in [1.165, 1.54) is 0 Å². The van der Waals surface area contributed by atoms with E-state index in [1.54, 1.807) is 12.4 Å². The Bertz CT molecular complexity index is 1180. The number of carbonyl (C=O) groups is 1. The van der Waals surface area contributed by atoms with E-state index in [1.807, 2.05) is 54.7 Å². The smallest absolute Gasteiger partial charge is 0.256 e. The number of amides is 1. The average molecular weight is 338 g/mol. The Morgan fingerprint density at radius 3 is 2.69 bits per heavy atom. The van der Waals surface area contributed by atoms with Gasteiger partial charge in [0.05, 0.1) is 11.7 Å². The molecule has 124 valence electrons. The number of nitrogens with zero attached hydrogens (tertiary/aromatic N) is 2. The van der Waals surface area contributed by atoms with Crippen LogP contribution in [0.5, 0.6) is 0 Å². The standard InChI is InChI=1S/C21H14N4O/c26-21-17(15-3-1-2-4-19(15)24-21)10-13-9-16(14-5-7-22-8-6-14)18-12-23-25-20(18)11-13/h1-12H,(H,23,25)(H,24,26). The number of fused-ring (bicyclic) bond motifs is 2. The molecule has 5 heteroatoms. The number of anilines is 1. The molecule has 4 aromatic rings. The van der Waals surface area contributed by atoms with Crippen molar-refractivity contribution in [3.63, 3.8) is 0 Å². The van der Waals surface area contributed by atoms with Crippen LogP contribution in [0.1, 0.15) is 11.1 Å². The summed E-state index contributed by atoms with van der Waals surface area (Å²) in [6.07, 6.45) is 7.28. The Morgan fingerprint density at radius 2 is 1.81 bits per heavy atom. The van der Waals surface area contributed by atoms with Crippen LogP contribution in [0.2, 0.25) is 0 Å². The summed E-state index contributed by atoms with van der Waals surface area (Å²) in [6, 6.07) is 15.7. The van der Waals surface area contributed by atoms with E-state index < -0.39 is 0 Å². The minimum absolute atomic E-state index is 0.0821. The third-order valence-electron chi connectivity index (χ3n) is 4.59. The summed E-state index contributed by atoms with van der Waals surface area (Å²) in [7, 11) is 0. The molecule has 0 spiro atoms. The number of H-pyrrole nitrogens is 1. The second kappa shape index (κ2) is 5.67. The predicted molar refractivity (Wildman–Crippen MR) is 102 cm³/mol. The van der Waals surface area contributed by atoms with Gasteiger partial charge in [-0.05, 0) is 53.1 Å². The van der Waals surface area contributed by atoms with Crippen molar-refractivity contribution in [1.29, 1.82) is 0 Å². The molecule has 0 atom stereocenters. The molecule has 1 aliphatic rings. The molecule has 0 saturated carbocycles. The molecule has 5 rings (SSSR count). The van der Waals surface area contributed by atoms with Crippen LogP contribution < -0.4 is 5.32 Å². The van der Waals surface area contributed by atoms with Crippen molar-refractivity contribution in [1.82, 2.24) is 15.2 Å². The molecule has 1 amide bonds. The number of carbonyl (C=O) groups excluding carboxylic acids is 1. The first-order valence-corrected chi connectivity index (χ1v) is 8.29. The van der Waals surface area contributed by atoms with Gasteiger partial charge in [0.2, 0.25) is 0 Å². The lowest BCUT2D eigenvalue weighted by atomic mass is 9.97.